The van der Waals surface area contributed by atoms with Gasteiger partial charge >= 0.3 is 0 Å². The average Bonchev–Trinajstić information content (AvgIpc) is 2.84. The Morgan fingerprint density at radius 1 is 1.03 bits per heavy atom. The topological polar surface area (TPSA) is 143 Å². The van der Waals surface area contributed by atoms with Crippen LogP contribution in [-0.2, 0) is 19.4 Å². The lowest BCUT2D eigenvalue weighted by molar-refractivity contribution is -0.122. The van der Waals surface area contributed by atoms with E-state index in [4.69, 9.17) is 25.7 Å². The Balaban J connectivity index is 1.54. The van der Waals surface area contributed by atoms with Gasteiger partial charge in [-0.05, 0) is 61.4 Å². The zero-order chi connectivity index (χ0) is 23.9. The van der Waals surface area contributed by atoms with Crippen LogP contribution in [0.4, 0.5) is 0 Å². The molecule has 0 unspecified atom stereocenters. The van der Waals surface area contributed by atoms with E-state index in [-0.39, 0.29) is 31.0 Å². The molecule has 0 aliphatic carbocycles. The molecule has 4 N–H and O–H groups in total. The lowest BCUT2D eigenvalue weighted by atomic mass is 9.98. The SMILES string of the molecule is COc1ccc(C(N)=NCCCOc2ccc(S(=O)(=O)C3(C(N)=O)CCOCC3)cc2)cc1. The average molecular weight is 476 g/mol. The highest BCUT2D eigenvalue weighted by atomic mass is 32.2. The number of hydrogen-bond donors (Lipinski definition) is 2. The second-order valence-corrected chi connectivity index (χ2v) is 9.90. The van der Waals surface area contributed by atoms with Gasteiger partial charge in [0, 0.05) is 31.7 Å². The van der Waals surface area contributed by atoms with E-state index in [1.54, 1.807) is 19.2 Å². The molecule has 1 amide bonds. The number of methoxy groups -OCH3 is 1. The monoisotopic (exact) mass is 475 g/mol. The van der Waals surface area contributed by atoms with Crippen molar-refractivity contribution in [2.45, 2.75) is 28.9 Å². The van der Waals surface area contributed by atoms with Gasteiger partial charge in [0.25, 0.3) is 0 Å². The quantitative estimate of drug-likeness (QED) is 0.302. The van der Waals surface area contributed by atoms with Gasteiger partial charge in [0.15, 0.2) is 14.6 Å². The molecular formula is C23H29N3O6S. The molecule has 0 spiro atoms. The predicted octanol–water partition coefficient (Wildman–Crippen LogP) is 1.68. The van der Waals surface area contributed by atoms with E-state index >= 15 is 0 Å². The number of aliphatic imine (C=N–C) groups is 1. The zero-order valence-corrected chi connectivity index (χ0v) is 19.3. The van der Waals surface area contributed by atoms with Gasteiger partial charge in [-0.15, -0.1) is 0 Å². The first-order valence-corrected chi connectivity index (χ1v) is 12.1. The normalized spacial score (nSPS) is 16.2. The molecule has 33 heavy (non-hydrogen) atoms. The highest BCUT2D eigenvalue weighted by molar-refractivity contribution is 7.93. The fraction of sp³-hybridized carbons (Fsp3) is 0.391. The molecule has 2 aromatic rings. The van der Waals surface area contributed by atoms with Crippen LogP contribution in [0.5, 0.6) is 11.5 Å². The van der Waals surface area contributed by atoms with E-state index in [9.17, 15) is 13.2 Å². The summed E-state index contributed by atoms with van der Waals surface area (Å²) >= 11 is 0. The van der Waals surface area contributed by atoms with Gasteiger partial charge in [-0.3, -0.25) is 9.79 Å². The Hall–Kier alpha value is -3.11. The van der Waals surface area contributed by atoms with E-state index < -0.39 is 20.5 Å². The van der Waals surface area contributed by atoms with Crippen LogP contribution in [0, 0.1) is 0 Å². The second-order valence-electron chi connectivity index (χ2n) is 7.64. The number of carbonyl (C=O) groups excluding carboxylic acids is 1. The summed E-state index contributed by atoms with van der Waals surface area (Å²) in [5.74, 6) is 0.849. The van der Waals surface area contributed by atoms with E-state index in [0.29, 0.717) is 31.2 Å². The highest BCUT2D eigenvalue weighted by Gasteiger charge is 2.51. The number of amidine groups is 1. The molecule has 0 radical (unpaired) electrons. The Labute approximate surface area is 193 Å². The van der Waals surface area contributed by atoms with E-state index in [1.807, 2.05) is 24.3 Å². The third-order valence-electron chi connectivity index (χ3n) is 5.64. The number of nitrogens with two attached hydrogens (primary N) is 2. The van der Waals surface area contributed by atoms with Gasteiger partial charge in [0.2, 0.25) is 5.91 Å². The first-order valence-electron chi connectivity index (χ1n) is 10.6. The molecule has 10 heteroatoms. The number of benzene rings is 2. The molecule has 1 saturated heterocycles. The van der Waals surface area contributed by atoms with Gasteiger partial charge in [0.05, 0.1) is 18.6 Å². The van der Waals surface area contributed by atoms with Crippen LogP contribution >= 0.6 is 0 Å². The van der Waals surface area contributed by atoms with Gasteiger partial charge in [-0.1, -0.05) is 0 Å². The van der Waals surface area contributed by atoms with Crippen LogP contribution in [0.15, 0.2) is 58.4 Å². The summed E-state index contributed by atoms with van der Waals surface area (Å²) in [6.45, 7) is 1.21. The third kappa shape index (κ3) is 5.45. The largest absolute Gasteiger partial charge is 0.497 e. The first-order chi connectivity index (χ1) is 15.8. The Kier molecular flexibility index (Phi) is 7.93. The van der Waals surface area contributed by atoms with Crippen LogP contribution in [0.2, 0.25) is 0 Å². The number of amides is 1. The second kappa shape index (κ2) is 10.7. The molecule has 1 aliphatic heterocycles. The minimum absolute atomic E-state index is 0.0346. The minimum atomic E-state index is -3.96. The van der Waals surface area contributed by atoms with Crippen LogP contribution in [0.3, 0.4) is 0 Å². The number of rotatable bonds is 10. The minimum Gasteiger partial charge on any atom is -0.497 e. The fourth-order valence-electron chi connectivity index (χ4n) is 3.60. The van der Waals surface area contributed by atoms with Crippen molar-refractivity contribution in [3.05, 3.63) is 54.1 Å². The summed E-state index contributed by atoms with van der Waals surface area (Å²) in [6.07, 6.45) is 0.716. The van der Waals surface area contributed by atoms with E-state index in [1.165, 1.54) is 12.1 Å². The van der Waals surface area contributed by atoms with Crippen molar-refractivity contribution in [1.82, 2.24) is 0 Å². The summed E-state index contributed by atoms with van der Waals surface area (Å²) in [5, 5.41) is 0. The maximum Gasteiger partial charge on any atom is 0.239 e. The molecule has 0 bridgehead atoms. The van der Waals surface area contributed by atoms with Crippen LogP contribution in [-0.4, -0.2) is 58.4 Å². The van der Waals surface area contributed by atoms with Gasteiger partial charge in [-0.25, -0.2) is 8.42 Å². The molecule has 2 aromatic carbocycles. The Bertz CT molecular complexity index is 1080. The molecule has 1 fully saturated rings. The van der Waals surface area contributed by atoms with Crippen molar-refractivity contribution in [1.29, 1.82) is 0 Å². The number of carbonyl (C=O) groups is 1. The summed E-state index contributed by atoms with van der Waals surface area (Å²) in [5.41, 5.74) is 12.3. The fourth-order valence-corrected chi connectivity index (χ4v) is 5.51. The van der Waals surface area contributed by atoms with Crippen molar-refractivity contribution < 1.29 is 27.4 Å². The number of ether oxygens (including phenoxy) is 3. The van der Waals surface area contributed by atoms with E-state index in [0.717, 1.165) is 11.3 Å². The molecular weight excluding hydrogens is 446 g/mol. The first kappa shape index (κ1) is 24.5. The molecule has 1 heterocycles. The maximum absolute atomic E-state index is 13.1. The molecule has 0 atom stereocenters. The summed E-state index contributed by atoms with van der Waals surface area (Å²) in [7, 11) is -2.36. The summed E-state index contributed by atoms with van der Waals surface area (Å²) in [4.78, 5) is 16.4. The Morgan fingerprint density at radius 3 is 2.21 bits per heavy atom. The van der Waals surface area contributed by atoms with Crippen molar-refractivity contribution in [3.63, 3.8) is 0 Å². The third-order valence-corrected chi connectivity index (χ3v) is 8.17. The summed E-state index contributed by atoms with van der Waals surface area (Å²) < 4.78 is 40.7. The van der Waals surface area contributed by atoms with Crippen molar-refractivity contribution in [2.24, 2.45) is 16.5 Å². The van der Waals surface area contributed by atoms with Crippen LogP contribution in [0.1, 0.15) is 24.8 Å². The highest BCUT2D eigenvalue weighted by Crippen LogP contribution is 2.35. The maximum atomic E-state index is 13.1. The lowest BCUT2D eigenvalue weighted by Crippen LogP contribution is -2.53. The molecule has 0 saturated carbocycles. The molecule has 0 aromatic heterocycles. The lowest BCUT2D eigenvalue weighted by Gasteiger charge is -2.33. The molecule has 3 rings (SSSR count). The number of primary amides is 1. The molecule has 9 nitrogen and oxygen atoms in total. The number of nitrogens with zero attached hydrogens (tertiary/aromatic N) is 1. The standard InChI is InChI=1S/C23H29N3O6S/c1-30-18-5-3-17(4-6-18)21(24)26-13-2-14-32-19-7-9-20(10-8-19)33(28,29)23(22(25)27)11-15-31-16-12-23/h3-10H,2,11-16H2,1H3,(H2,24,26)(H2,25,27). The van der Waals surface area contributed by atoms with Gasteiger partial charge in [0.1, 0.15) is 17.3 Å². The Morgan fingerprint density at radius 2 is 1.64 bits per heavy atom. The van der Waals surface area contributed by atoms with Gasteiger partial charge < -0.3 is 25.7 Å². The number of hydrogen-bond acceptors (Lipinski definition) is 7. The van der Waals surface area contributed by atoms with Crippen LogP contribution in [0.25, 0.3) is 0 Å². The van der Waals surface area contributed by atoms with Crippen molar-refractivity contribution >= 4 is 21.6 Å². The summed E-state index contributed by atoms with van der Waals surface area (Å²) in [6, 6.07) is 13.3. The predicted molar refractivity (Wildman–Crippen MR) is 124 cm³/mol. The number of sulfone groups is 1. The molecule has 178 valence electrons. The molecule has 1 aliphatic rings. The van der Waals surface area contributed by atoms with Crippen LogP contribution < -0.4 is 20.9 Å². The van der Waals surface area contributed by atoms with Crippen molar-refractivity contribution in [3.8, 4) is 11.5 Å². The zero-order valence-electron chi connectivity index (χ0n) is 18.5. The van der Waals surface area contributed by atoms with Gasteiger partial charge in [-0.2, -0.15) is 0 Å². The smallest absolute Gasteiger partial charge is 0.239 e. The van der Waals surface area contributed by atoms with Crippen molar-refractivity contribution in [2.75, 3.05) is 33.5 Å². The van der Waals surface area contributed by atoms with E-state index in [2.05, 4.69) is 4.99 Å².